The fourth-order valence-electron chi connectivity index (χ4n) is 1.65. The van der Waals surface area contributed by atoms with Crippen LogP contribution in [0, 0.1) is 0 Å². The van der Waals surface area contributed by atoms with Gasteiger partial charge in [0.05, 0.1) is 17.6 Å². The molecule has 0 heterocycles. The highest BCUT2D eigenvalue weighted by atomic mass is 79.9. The van der Waals surface area contributed by atoms with Gasteiger partial charge < -0.3 is 20.5 Å². The normalized spacial score (nSPS) is 13.7. The molecule has 2 atom stereocenters. The summed E-state index contributed by atoms with van der Waals surface area (Å²) in [5, 5.41) is 2.86. The van der Waals surface area contributed by atoms with Crippen LogP contribution in [0.4, 0.5) is 0 Å². The molecule has 1 aromatic rings. The molecule has 0 fully saturated rings. The third-order valence-electron chi connectivity index (χ3n) is 2.83. The van der Waals surface area contributed by atoms with Crippen molar-refractivity contribution in [3.63, 3.8) is 0 Å². The fourth-order valence-corrected chi connectivity index (χ4v) is 2.21. The van der Waals surface area contributed by atoms with Gasteiger partial charge in [-0.15, -0.1) is 0 Å². The van der Waals surface area contributed by atoms with Gasteiger partial charge >= 0.3 is 0 Å². The van der Waals surface area contributed by atoms with Crippen molar-refractivity contribution in [1.29, 1.82) is 0 Å². The molecule has 3 N–H and O–H groups in total. The summed E-state index contributed by atoms with van der Waals surface area (Å²) in [6.45, 7) is 2.05. The summed E-state index contributed by atoms with van der Waals surface area (Å²) >= 11 is 3.42. The molecule has 5 nitrogen and oxygen atoms in total. The number of halogens is 1. The quantitative estimate of drug-likeness (QED) is 0.831. The van der Waals surface area contributed by atoms with Gasteiger partial charge in [0.25, 0.3) is 5.91 Å². The van der Waals surface area contributed by atoms with Gasteiger partial charge in [0, 0.05) is 13.7 Å². The van der Waals surface area contributed by atoms with E-state index < -0.39 is 6.10 Å². The zero-order valence-corrected chi connectivity index (χ0v) is 12.9. The summed E-state index contributed by atoms with van der Waals surface area (Å²) < 4.78 is 11.0. The Bertz CT molecular complexity index is 436. The zero-order chi connectivity index (χ0) is 14.4. The average Bonchev–Trinajstić information content (AvgIpc) is 2.39. The van der Waals surface area contributed by atoms with Crippen molar-refractivity contribution in [2.75, 3.05) is 20.8 Å². The smallest absolute Gasteiger partial charge is 0.250 e. The highest BCUT2D eigenvalue weighted by Crippen LogP contribution is 2.27. The first-order valence-electron chi connectivity index (χ1n) is 5.90. The van der Waals surface area contributed by atoms with Gasteiger partial charge in [-0.2, -0.15) is 0 Å². The average molecular weight is 331 g/mol. The Balaban J connectivity index is 2.75. The maximum absolute atomic E-state index is 11.8. The van der Waals surface area contributed by atoms with Crippen LogP contribution in [0.15, 0.2) is 22.7 Å². The SMILES string of the molecule is COc1ccc(C(C)NC(=O)C(CN)OC)cc1Br. The van der Waals surface area contributed by atoms with Crippen LogP contribution in [0.5, 0.6) is 5.75 Å². The maximum atomic E-state index is 11.8. The molecule has 0 radical (unpaired) electrons. The number of amides is 1. The molecule has 1 aromatic carbocycles. The lowest BCUT2D eigenvalue weighted by molar-refractivity contribution is -0.131. The van der Waals surface area contributed by atoms with Gasteiger partial charge in [-0.25, -0.2) is 0 Å². The Morgan fingerprint density at radius 3 is 2.63 bits per heavy atom. The zero-order valence-electron chi connectivity index (χ0n) is 11.3. The number of hydrogen-bond donors (Lipinski definition) is 2. The summed E-state index contributed by atoms with van der Waals surface area (Å²) in [5.74, 6) is 0.531. The highest BCUT2D eigenvalue weighted by molar-refractivity contribution is 9.10. The number of carbonyl (C=O) groups is 1. The van der Waals surface area contributed by atoms with Crippen LogP contribution in [0.2, 0.25) is 0 Å². The molecular weight excluding hydrogens is 312 g/mol. The Hall–Kier alpha value is -1.11. The molecule has 0 saturated carbocycles. The van der Waals surface area contributed by atoms with Crippen LogP contribution in [-0.4, -0.2) is 32.8 Å². The monoisotopic (exact) mass is 330 g/mol. The Labute approximate surface area is 121 Å². The van der Waals surface area contributed by atoms with Crippen molar-refractivity contribution in [2.45, 2.75) is 19.1 Å². The van der Waals surface area contributed by atoms with E-state index in [0.717, 1.165) is 15.8 Å². The van der Waals surface area contributed by atoms with Gasteiger partial charge in [-0.3, -0.25) is 4.79 Å². The molecule has 6 heteroatoms. The van der Waals surface area contributed by atoms with Gasteiger partial charge in [0.15, 0.2) is 0 Å². The number of nitrogens with one attached hydrogen (secondary N) is 1. The molecule has 0 aromatic heterocycles. The summed E-state index contributed by atoms with van der Waals surface area (Å²) in [7, 11) is 3.07. The molecule has 106 valence electrons. The number of carbonyl (C=O) groups excluding carboxylic acids is 1. The fraction of sp³-hybridized carbons (Fsp3) is 0.462. The number of rotatable bonds is 6. The van der Waals surface area contributed by atoms with Gasteiger partial charge in [0.1, 0.15) is 11.9 Å². The lowest BCUT2D eigenvalue weighted by Crippen LogP contribution is -2.41. The molecular formula is C13H19BrN2O3. The number of ether oxygens (including phenoxy) is 2. The van der Waals surface area contributed by atoms with Crippen molar-refractivity contribution >= 4 is 21.8 Å². The van der Waals surface area contributed by atoms with Crippen molar-refractivity contribution < 1.29 is 14.3 Å². The third-order valence-corrected chi connectivity index (χ3v) is 3.45. The second-order valence-electron chi connectivity index (χ2n) is 4.08. The molecule has 1 amide bonds. The van der Waals surface area contributed by atoms with Crippen molar-refractivity contribution in [2.24, 2.45) is 5.73 Å². The van der Waals surface area contributed by atoms with Crippen LogP contribution in [-0.2, 0) is 9.53 Å². The Morgan fingerprint density at radius 1 is 1.47 bits per heavy atom. The van der Waals surface area contributed by atoms with E-state index in [1.807, 2.05) is 25.1 Å². The molecule has 0 aliphatic rings. The molecule has 0 aliphatic carbocycles. The lowest BCUT2D eigenvalue weighted by atomic mass is 10.1. The molecule has 0 saturated heterocycles. The highest BCUT2D eigenvalue weighted by Gasteiger charge is 2.18. The van der Waals surface area contributed by atoms with Gasteiger partial charge in [-0.1, -0.05) is 6.07 Å². The maximum Gasteiger partial charge on any atom is 0.250 e. The number of benzene rings is 1. The second-order valence-corrected chi connectivity index (χ2v) is 4.94. The number of hydrogen-bond acceptors (Lipinski definition) is 4. The lowest BCUT2D eigenvalue weighted by Gasteiger charge is -2.19. The van der Waals surface area contributed by atoms with Crippen LogP contribution in [0.1, 0.15) is 18.5 Å². The van der Waals surface area contributed by atoms with Crippen LogP contribution >= 0.6 is 15.9 Å². The first-order chi connectivity index (χ1) is 9.03. The second kappa shape index (κ2) is 7.47. The van der Waals surface area contributed by atoms with Gasteiger partial charge in [0.2, 0.25) is 0 Å². The van der Waals surface area contributed by atoms with E-state index in [-0.39, 0.29) is 18.5 Å². The minimum atomic E-state index is -0.621. The standard InChI is InChI=1S/C13H19BrN2O3/c1-8(16-13(17)12(7-15)19-3)9-4-5-11(18-2)10(14)6-9/h4-6,8,12H,7,15H2,1-3H3,(H,16,17). The van der Waals surface area contributed by atoms with Crippen LogP contribution in [0.25, 0.3) is 0 Å². The largest absolute Gasteiger partial charge is 0.496 e. The first-order valence-corrected chi connectivity index (χ1v) is 6.69. The molecule has 1 rings (SSSR count). The van der Waals surface area contributed by atoms with Crippen molar-refractivity contribution in [3.8, 4) is 5.75 Å². The molecule has 19 heavy (non-hydrogen) atoms. The predicted octanol–water partition coefficient (Wildman–Crippen LogP) is 1.61. The number of nitrogens with two attached hydrogens (primary N) is 1. The van der Waals surface area contributed by atoms with E-state index in [9.17, 15) is 4.79 Å². The van der Waals surface area contributed by atoms with E-state index in [1.54, 1.807) is 7.11 Å². The Morgan fingerprint density at radius 2 is 2.16 bits per heavy atom. The van der Waals surface area contributed by atoms with Crippen LogP contribution < -0.4 is 15.8 Å². The summed E-state index contributed by atoms with van der Waals surface area (Å²) in [6.07, 6.45) is -0.621. The molecule has 0 bridgehead atoms. The summed E-state index contributed by atoms with van der Waals surface area (Å²) in [5.41, 5.74) is 6.42. The van der Waals surface area contributed by atoms with Crippen LogP contribution in [0.3, 0.4) is 0 Å². The van der Waals surface area contributed by atoms with Gasteiger partial charge in [-0.05, 0) is 40.5 Å². The third kappa shape index (κ3) is 4.19. The molecule has 2 unspecified atom stereocenters. The minimum Gasteiger partial charge on any atom is -0.496 e. The van der Waals surface area contributed by atoms with E-state index in [4.69, 9.17) is 15.2 Å². The van der Waals surface area contributed by atoms with E-state index in [0.29, 0.717) is 0 Å². The number of methoxy groups -OCH3 is 2. The topological polar surface area (TPSA) is 73.6 Å². The first kappa shape index (κ1) is 15.9. The van der Waals surface area contributed by atoms with E-state index >= 15 is 0 Å². The predicted molar refractivity (Wildman–Crippen MR) is 77.1 cm³/mol. The molecule has 0 spiro atoms. The molecule has 0 aliphatic heterocycles. The minimum absolute atomic E-state index is 0.140. The van der Waals surface area contributed by atoms with Crippen molar-refractivity contribution in [3.05, 3.63) is 28.2 Å². The van der Waals surface area contributed by atoms with E-state index in [1.165, 1.54) is 7.11 Å². The van der Waals surface area contributed by atoms with E-state index in [2.05, 4.69) is 21.2 Å². The summed E-state index contributed by atoms with van der Waals surface area (Å²) in [4.78, 5) is 11.8. The summed E-state index contributed by atoms with van der Waals surface area (Å²) in [6, 6.07) is 5.52. The van der Waals surface area contributed by atoms with Crippen molar-refractivity contribution in [1.82, 2.24) is 5.32 Å². The Kier molecular flexibility index (Phi) is 6.27.